The molecule has 3 nitrogen and oxygen atoms in total. The Kier molecular flexibility index (Phi) is 5.77. The van der Waals surface area contributed by atoms with Crippen molar-refractivity contribution in [3.63, 3.8) is 0 Å². The van der Waals surface area contributed by atoms with E-state index in [0.717, 1.165) is 11.3 Å². The number of hydrogen-bond acceptors (Lipinski definition) is 3. The molecule has 0 aliphatic heterocycles. The van der Waals surface area contributed by atoms with Gasteiger partial charge >= 0.3 is 0 Å². The molecule has 0 heterocycles. The molecule has 2 rings (SSSR count). The zero-order chi connectivity index (χ0) is 14.4. The first-order valence-corrected chi connectivity index (χ1v) is 8.19. The molecule has 1 aromatic carbocycles. The SMILES string of the molecule is COc1ccc(CNC(=O)[C@H](C)SC2CCCC2)cc1. The van der Waals surface area contributed by atoms with Gasteiger partial charge in [-0.05, 0) is 37.5 Å². The van der Waals surface area contributed by atoms with E-state index >= 15 is 0 Å². The number of benzene rings is 1. The molecule has 110 valence electrons. The summed E-state index contributed by atoms with van der Waals surface area (Å²) in [6.45, 7) is 2.59. The highest BCUT2D eigenvalue weighted by Gasteiger charge is 2.22. The highest BCUT2D eigenvalue weighted by Crippen LogP contribution is 2.32. The lowest BCUT2D eigenvalue weighted by molar-refractivity contribution is -0.120. The van der Waals surface area contributed by atoms with Crippen molar-refractivity contribution >= 4 is 17.7 Å². The third-order valence-electron chi connectivity index (χ3n) is 3.69. The van der Waals surface area contributed by atoms with Gasteiger partial charge in [0, 0.05) is 11.8 Å². The number of amides is 1. The molecule has 0 aromatic heterocycles. The predicted octanol–water partition coefficient (Wildman–Crippen LogP) is 3.38. The summed E-state index contributed by atoms with van der Waals surface area (Å²) in [7, 11) is 1.65. The van der Waals surface area contributed by atoms with Crippen LogP contribution in [0.15, 0.2) is 24.3 Å². The molecule has 1 amide bonds. The molecular weight excluding hydrogens is 270 g/mol. The highest BCUT2D eigenvalue weighted by molar-refractivity contribution is 8.01. The van der Waals surface area contributed by atoms with Gasteiger partial charge in [-0.25, -0.2) is 0 Å². The molecular formula is C16H23NO2S. The van der Waals surface area contributed by atoms with Crippen molar-refractivity contribution in [2.45, 2.75) is 49.7 Å². The fourth-order valence-corrected chi connectivity index (χ4v) is 3.84. The average molecular weight is 293 g/mol. The molecule has 1 aliphatic carbocycles. The van der Waals surface area contributed by atoms with Crippen LogP contribution in [-0.2, 0) is 11.3 Å². The zero-order valence-corrected chi connectivity index (χ0v) is 13.0. The molecule has 20 heavy (non-hydrogen) atoms. The van der Waals surface area contributed by atoms with Gasteiger partial charge in [0.1, 0.15) is 5.75 Å². The molecule has 0 bridgehead atoms. The van der Waals surface area contributed by atoms with Gasteiger partial charge in [0.15, 0.2) is 0 Å². The molecule has 1 fully saturated rings. The summed E-state index contributed by atoms with van der Waals surface area (Å²) < 4.78 is 5.12. The topological polar surface area (TPSA) is 38.3 Å². The second kappa shape index (κ2) is 7.58. The van der Waals surface area contributed by atoms with Gasteiger partial charge in [0.25, 0.3) is 0 Å². The fourth-order valence-electron chi connectivity index (χ4n) is 2.45. The van der Waals surface area contributed by atoms with Crippen LogP contribution in [0.25, 0.3) is 0 Å². The summed E-state index contributed by atoms with van der Waals surface area (Å²) >= 11 is 1.82. The Morgan fingerprint density at radius 3 is 2.60 bits per heavy atom. The van der Waals surface area contributed by atoms with Gasteiger partial charge in [0.05, 0.1) is 12.4 Å². The van der Waals surface area contributed by atoms with Crippen LogP contribution >= 0.6 is 11.8 Å². The maximum atomic E-state index is 12.1. The molecule has 0 radical (unpaired) electrons. The third-order valence-corrected chi connectivity index (χ3v) is 5.17. The van der Waals surface area contributed by atoms with Crippen LogP contribution in [0.2, 0.25) is 0 Å². The first kappa shape index (κ1) is 15.2. The second-order valence-electron chi connectivity index (χ2n) is 5.25. The monoisotopic (exact) mass is 293 g/mol. The van der Waals surface area contributed by atoms with E-state index in [1.54, 1.807) is 7.11 Å². The quantitative estimate of drug-likeness (QED) is 0.874. The number of ether oxygens (including phenoxy) is 1. The van der Waals surface area contributed by atoms with Crippen molar-refractivity contribution in [3.05, 3.63) is 29.8 Å². The molecule has 0 spiro atoms. The Morgan fingerprint density at radius 1 is 1.35 bits per heavy atom. The minimum Gasteiger partial charge on any atom is -0.497 e. The Morgan fingerprint density at radius 2 is 2.00 bits per heavy atom. The van der Waals surface area contributed by atoms with E-state index < -0.39 is 0 Å². The van der Waals surface area contributed by atoms with Crippen molar-refractivity contribution in [1.82, 2.24) is 5.32 Å². The van der Waals surface area contributed by atoms with Crippen LogP contribution in [0.4, 0.5) is 0 Å². The van der Waals surface area contributed by atoms with E-state index in [1.165, 1.54) is 25.7 Å². The van der Waals surface area contributed by atoms with E-state index in [2.05, 4.69) is 5.32 Å². The number of rotatable bonds is 6. The Labute approximate surface area is 125 Å². The van der Waals surface area contributed by atoms with Crippen molar-refractivity contribution in [1.29, 1.82) is 0 Å². The molecule has 1 saturated carbocycles. The fraction of sp³-hybridized carbons (Fsp3) is 0.562. The molecule has 1 atom stereocenters. The molecule has 1 aliphatic rings. The van der Waals surface area contributed by atoms with Gasteiger partial charge in [-0.3, -0.25) is 4.79 Å². The Hall–Kier alpha value is -1.16. The molecule has 4 heteroatoms. The van der Waals surface area contributed by atoms with Crippen LogP contribution in [-0.4, -0.2) is 23.5 Å². The van der Waals surface area contributed by atoms with Crippen LogP contribution in [0.3, 0.4) is 0 Å². The van der Waals surface area contributed by atoms with Crippen LogP contribution in [0.1, 0.15) is 38.2 Å². The van der Waals surface area contributed by atoms with E-state index in [4.69, 9.17) is 4.74 Å². The first-order valence-electron chi connectivity index (χ1n) is 7.25. The van der Waals surface area contributed by atoms with Gasteiger partial charge in [-0.15, -0.1) is 11.8 Å². The predicted molar refractivity (Wildman–Crippen MR) is 84.1 cm³/mol. The minimum absolute atomic E-state index is 0.0383. The summed E-state index contributed by atoms with van der Waals surface area (Å²) in [4.78, 5) is 12.1. The van der Waals surface area contributed by atoms with Gasteiger partial charge in [0.2, 0.25) is 5.91 Å². The third kappa shape index (κ3) is 4.44. The second-order valence-corrected chi connectivity index (χ2v) is 6.90. The highest BCUT2D eigenvalue weighted by atomic mass is 32.2. The lowest BCUT2D eigenvalue weighted by Gasteiger charge is -2.16. The first-order chi connectivity index (χ1) is 9.69. The van der Waals surface area contributed by atoms with Crippen molar-refractivity contribution in [2.75, 3.05) is 7.11 Å². The lowest BCUT2D eigenvalue weighted by atomic mass is 10.2. The largest absolute Gasteiger partial charge is 0.497 e. The van der Waals surface area contributed by atoms with E-state index in [1.807, 2.05) is 43.0 Å². The number of methoxy groups -OCH3 is 1. The van der Waals surface area contributed by atoms with Crippen LogP contribution < -0.4 is 10.1 Å². The number of carbonyl (C=O) groups excluding carboxylic acids is 1. The number of thioether (sulfide) groups is 1. The molecule has 0 unspecified atom stereocenters. The number of carbonyl (C=O) groups is 1. The van der Waals surface area contributed by atoms with Crippen LogP contribution in [0.5, 0.6) is 5.75 Å². The summed E-state index contributed by atoms with van der Waals surface area (Å²) in [6, 6.07) is 7.79. The van der Waals surface area contributed by atoms with E-state index in [-0.39, 0.29) is 11.2 Å². The van der Waals surface area contributed by atoms with Gasteiger partial charge in [-0.1, -0.05) is 25.0 Å². The summed E-state index contributed by atoms with van der Waals surface area (Å²) in [5.41, 5.74) is 1.09. The average Bonchev–Trinajstić information content (AvgIpc) is 2.98. The summed E-state index contributed by atoms with van der Waals surface area (Å²) in [6.07, 6.45) is 5.16. The summed E-state index contributed by atoms with van der Waals surface area (Å²) in [5, 5.41) is 3.73. The molecule has 1 N–H and O–H groups in total. The van der Waals surface area contributed by atoms with Crippen LogP contribution in [0, 0.1) is 0 Å². The van der Waals surface area contributed by atoms with Gasteiger partial charge in [-0.2, -0.15) is 0 Å². The van der Waals surface area contributed by atoms with Crippen molar-refractivity contribution in [3.8, 4) is 5.75 Å². The Balaban J connectivity index is 1.75. The maximum absolute atomic E-state index is 12.1. The summed E-state index contributed by atoms with van der Waals surface area (Å²) in [5.74, 6) is 0.975. The standard InChI is InChI=1S/C16H23NO2S/c1-12(20-15-5-3-4-6-15)16(18)17-11-13-7-9-14(19-2)10-8-13/h7-10,12,15H,3-6,11H2,1-2H3,(H,17,18)/t12-/m0/s1. The van der Waals surface area contributed by atoms with Gasteiger partial charge < -0.3 is 10.1 Å². The lowest BCUT2D eigenvalue weighted by Crippen LogP contribution is -2.31. The van der Waals surface area contributed by atoms with Crippen molar-refractivity contribution < 1.29 is 9.53 Å². The Bertz CT molecular complexity index is 427. The molecule has 1 aromatic rings. The van der Waals surface area contributed by atoms with E-state index in [0.29, 0.717) is 11.8 Å². The maximum Gasteiger partial charge on any atom is 0.233 e. The number of nitrogens with one attached hydrogen (secondary N) is 1. The number of hydrogen-bond donors (Lipinski definition) is 1. The zero-order valence-electron chi connectivity index (χ0n) is 12.2. The van der Waals surface area contributed by atoms with E-state index in [9.17, 15) is 4.79 Å². The van der Waals surface area contributed by atoms with Crippen molar-refractivity contribution in [2.24, 2.45) is 0 Å². The smallest absolute Gasteiger partial charge is 0.233 e. The molecule has 0 saturated heterocycles. The normalized spacial score (nSPS) is 16.9. The minimum atomic E-state index is 0.0383.